The molecule has 0 radical (unpaired) electrons. The van der Waals surface area contributed by atoms with Crippen LogP contribution in [0.15, 0.2) is 18.2 Å². The van der Waals surface area contributed by atoms with Crippen LogP contribution in [0.5, 0.6) is 0 Å². The molecule has 1 aromatic rings. The van der Waals surface area contributed by atoms with Crippen molar-refractivity contribution in [1.82, 2.24) is 5.32 Å². The first-order valence-electron chi connectivity index (χ1n) is 6.71. The minimum atomic E-state index is -0.168. The van der Waals surface area contributed by atoms with Crippen molar-refractivity contribution >= 4 is 11.6 Å². The van der Waals surface area contributed by atoms with Gasteiger partial charge < -0.3 is 5.32 Å². The van der Waals surface area contributed by atoms with Crippen LogP contribution in [0.2, 0.25) is 0 Å². The standard InChI is InChI=1S/C15H20N2O/c1-4-9-5-6-11-10(7-9)13(14(18)16-11)17-12-8-15(12,2)3/h5-7,12-13,17H,4,8H2,1-3H3,(H,16,18). The molecule has 1 aromatic carbocycles. The van der Waals surface area contributed by atoms with Crippen molar-refractivity contribution in [2.75, 3.05) is 5.32 Å². The van der Waals surface area contributed by atoms with E-state index in [1.165, 1.54) is 5.56 Å². The summed E-state index contributed by atoms with van der Waals surface area (Å²) in [6.07, 6.45) is 2.16. The third-order valence-corrected chi connectivity index (χ3v) is 4.24. The number of aryl methyl sites for hydroxylation is 1. The molecule has 3 heteroatoms. The molecule has 3 rings (SSSR count). The normalized spacial score (nSPS) is 27.8. The molecule has 2 aliphatic rings. The average molecular weight is 244 g/mol. The van der Waals surface area contributed by atoms with Gasteiger partial charge in [0.05, 0.1) is 0 Å². The zero-order valence-corrected chi connectivity index (χ0v) is 11.2. The molecule has 1 saturated carbocycles. The second-order valence-electron chi connectivity index (χ2n) is 6.11. The molecule has 2 atom stereocenters. The Hall–Kier alpha value is -1.35. The minimum absolute atomic E-state index is 0.0842. The lowest BCUT2D eigenvalue weighted by Gasteiger charge is -2.13. The van der Waals surface area contributed by atoms with Crippen LogP contribution < -0.4 is 10.6 Å². The van der Waals surface area contributed by atoms with E-state index >= 15 is 0 Å². The Morgan fingerprint density at radius 1 is 1.44 bits per heavy atom. The molecule has 1 fully saturated rings. The van der Waals surface area contributed by atoms with Crippen LogP contribution in [-0.4, -0.2) is 11.9 Å². The Labute approximate surface area is 108 Å². The second-order valence-corrected chi connectivity index (χ2v) is 6.11. The molecule has 0 spiro atoms. The van der Waals surface area contributed by atoms with Gasteiger partial charge in [0.1, 0.15) is 6.04 Å². The van der Waals surface area contributed by atoms with Crippen LogP contribution in [0.25, 0.3) is 0 Å². The molecule has 18 heavy (non-hydrogen) atoms. The largest absolute Gasteiger partial charge is 0.324 e. The molecule has 1 aliphatic carbocycles. The predicted octanol–water partition coefficient (Wildman–Crippen LogP) is 2.63. The van der Waals surface area contributed by atoms with E-state index < -0.39 is 0 Å². The summed E-state index contributed by atoms with van der Waals surface area (Å²) in [6, 6.07) is 6.55. The lowest BCUT2D eigenvalue weighted by atomic mass is 10.0. The Morgan fingerprint density at radius 2 is 2.17 bits per heavy atom. The van der Waals surface area contributed by atoms with Crippen LogP contribution in [0.3, 0.4) is 0 Å². The van der Waals surface area contributed by atoms with Crippen molar-refractivity contribution in [3.05, 3.63) is 29.3 Å². The number of fused-ring (bicyclic) bond motifs is 1. The highest BCUT2D eigenvalue weighted by Gasteiger charge is 2.48. The topological polar surface area (TPSA) is 41.1 Å². The molecule has 3 nitrogen and oxygen atoms in total. The van der Waals surface area contributed by atoms with E-state index in [1.54, 1.807) is 0 Å². The van der Waals surface area contributed by atoms with E-state index in [0.29, 0.717) is 11.5 Å². The van der Waals surface area contributed by atoms with Crippen LogP contribution in [0.4, 0.5) is 5.69 Å². The molecule has 0 bridgehead atoms. The number of hydrogen-bond acceptors (Lipinski definition) is 2. The molecule has 1 heterocycles. The summed E-state index contributed by atoms with van der Waals surface area (Å²) in [5, 5.41) is 6.45. The molecule has 1 aliphatic heterocycles. The van der Waals surface area contributed by atoms with Gasteiger partial charge in [0, 0.05) is 17.3 Å². The predicted molar refractivity (Wildman–Crippen MR) is 72.5 cm³/mol. The minimum Gasteiger partial charge on any atom is -0.324 e. The number of carbonyl (C=O) groups excluding carboxylic acids is 1. The van der Waals surface area contributed by atoms with Gasteiger partial charge in [-0.2, -0.15) is 0 Å². The number of amides is 1. The smallest absolute Gasteiger partial charge is 0.246 e. The maximum absolute atomic E-state index is 12.0. The van der Waals surface area contributed by atoms with E-state index in [2.05, 4.69) is 43.5 Å². The number of carbonyl (C=O) groups is 1. The zero-order chi connectivity index (χ0) is 12.9. The molecule has 0 saturated heterocycles. The maximum atomic E-state index is 12.0. The van der Waals surface area contributed by atoms with Crippen LogP contribution in [-0.2, 0) is 11.2 Å². The number of rotatable bonds is 3. The third kappa shape index (κ3) is 1.83. The summed E-state index contributed by atoms with van der Waals surface area (Å²) in [6.45, 7) is 6.61. The summed E-state index contributed by atoms with van der Waals surface area (Å²) in [7, 11) is 0. The fraction of sp³-hybridized carbons (Fsp3) is 0.533. The van der Waals surface area contributed by atoms with Gasteiger partial charge in [-0.25, -0.2) is 0 Å². The zero-order valence-electron chi connectivity index (χ0n) is 11.2. The fourth-order valence-electron chi connectivity index (χ4n) is 2.65. The van der Waals surface area contributed by atoms with Gasteiger partial charge >= 0.3 is 0 Å². The van der Waals surface area contributed by atoms with E-state index in [4.69, 9.17) is 0 Å². The Morgan fingerprint density at radius 3 is 2.78 bits per heavy atom. The van der Waals surface area contributed by atoms with Gasteiger partial charge in [0.15, 0.2) is 0 Å². The quantitative estimate of drug-likeness (QED) is 0.858. The maximum Gasteiger partial charge on any atom is 0.246 e. The molecule has 96 valence electrons. The molecule has 2 unspecified atom stereocenters. The van der Waals surface area contributed by atoms with Crippen LogP contribution in [0, 0.1) is 5.41 Å². The van der Waals surface area contributed by atoms with Gasteiger partial charge in [0.25, 0.3) is 0 Å². The molecular formula is C15H20N2O. The fourth-order valence-corrected chi connectivity index (χ4v) is 2.65. The van der Waals surface area contributed by atoms with Crippen molar-refractivity contribution < 1.29 is 4.79 Å². The van der Waals surface area contributed by atoms with Crippen molar-refractivity contribution in [3.8, 4) is 0 Å². The SMILES string of the molecule is CCc1ccc2c(c1)C(NC1CC1(C)C)C(=O)N2. The number of benzene rings is 1. The molecule has 0 aromatic heterocycles. The highest BCUT2D eigenvalue weighted by atomic mass is 16.2. The molecule has 2 N–H and O–H groups in total. The lowest BCUT2D eigenvalue weighted by molar-refractivity contribution is -0.117. The summed E-state index contributed by atoms with van der Waals surface area (Å²) in [5.41, 5.74) is 3.70. The Bertz CT molecular complexity index is 507. The summed E-state index contributed by atoms with van der Waals surface area (Å²) in [4.78, 5) is 12.0. The highest BCUT2D eigenvalue weighted by Crippen LogP contribution is 2.46. The van der Waals surface area contributed by atoms with Crippen LogP contribution in [0.1, 0.15) is 44.4 Å². The van der Waals surface area contributed by atoms with Crippen molar-refractivity contribution in [2.45, 2.75) is 45.7 Å². The monoisotopic (exact) mass is 244 g/mol. The van der Waals surface area contributed by atoms with Crippen molar-refractivity contribution in [3.63, 3.8) is 0 Å². The first kappa shape index (κ1) is 11.7. The van der Waals surface area contributed by atoms with E-state index in [9.17, 15) is 4.79 Å². The first-order chi connectivity index (χ1) is 8.51. The van der Waals surface area contributed by atoms with E-state index in [-0.39, 0.29) is 11.9 Å². The van der Waals surface area contributed by atoms with Crippen molar-refractivity contribution in [1.29, 1.82) is 0 Å². The Balaban J connectivity index is 1.86. The van der Waals surface area contributed by atoms with E-state index in [0.717, 1.165) is 24.1 Å². The highest BCUT2D eigenvalue weighted by molar-refractivity contribution is 6.02. The third-order valence-electron chi connectivity index (χ3n) is 4.24. The number of hydrogen-bond donors (Lipinski definition) is 2. The second kappa shape index (κ2) is 3.82. The van der Waals surface area contributed by atoms with Gasteiger partial charge in [-0.15, -0.1) is 0 Å². The lowest BCUT2D eigenvalue weighted by Crippen LogP contribution is -2.31. The average Bonchev–Trinajstić information content (AvgIpc) is 2.81. The van der Waals surface area contributed by atoms with E-state index in [1.807, 2.05) is 6.07 Å². The van der Waals surface area contributed by atoms with Crippen LogP contribution >= 0.6 is 0 Å². The molecule has 1 amide bonds. The van der Waals surface area contributed by atoms with Gasteiger partial charge in [0.2, 0.25) is 5.91 Å². The summed E-state index contributed by atoms with van der Waals surface area (Å²) >= 11 is 0. The first-order valence-corrected chi connectivity index (χ1v) is 6.71. The number of nitrogens with one attached hydrogen (secondary N) is 2. The summed E-state index contributed by atoms with van der Waals surface area (Å²) in [5.74, 6) is 0.0842. The Kier molecular flexibility index (Phi) is 2.49. The van der Waals surface area contributed by atoms with Gasteiger partial charge in [-0.05, 0) is 29.9 Å². The molecular weight excluding hydrogens is 224 g/mol. The number of anilines is 1. The summed E-state index contributed by atoms with van der Waals surface area (Å²) < 4.78 is 0. The van der Waals surface area contributed by atoms with Crippen molar-refractivity contribution in [2.24, 2.45) is 5.41 Å². The van der Waals surface area contributed by atoms with Gasteiger partial charge in [-0.3, -0.25) is 10.1 Å². The van der Waals surface area contributed by atoms with Gasteiger partial charge in [-0.1, -0.05) is 32.9 Å².